The molecule has 2 amide bonds. The van der Waals surface area contributed by atoms with E-state index < -0.39 is 5.97 Å². The zero-order valence-corrected chi connectivity index (χ0v) is 16.7. The second-order valence-electron chi connectivity index (χ2n) is 7.82. The Hall–Kier alpha value is -2.63. The number of benzene rings is 1. The molecule has 0 N–H and O–H groups in total. The van der Waals surface area contributed by atoms with Gasteiger partial charge in [-0.25, -0.2) is 0 Å². The summed E-state index contributed by atoms with van der Waals surface area (Å²) < 4.78 is 5.04. The number of hydrogen-bond acceptors (Lipinski definition) is 4. The fraction of sp³-hybridized carbons (Fsp3) is 0.476. The highest BCUT2D eigenvalue weighted by atomic mass is 16.5. The maximum atomic E-state index is 12.7. The van der Waals surface area contributed by atoms with Crippen LogP contribution < -0.4 is 4.74 Å². The molecule has 27 heavy (non-hydrogen) atoms. The summed E-state index contributed by atoms with van der Waals surface area (Å²) >= 11 is 0. The van der Waals surface area contributed by atoms with E-state index in [2.05, 4.69) is 20.8 Å². The third kappa shape index (κ3) is 5.67. The van der Waals surface area contributed by atoms with Gasteiger partial charge in [-0.3, -0.25) is 14.4 Å². The number of carbonyl (C=O) groups excluding carboxylic acids is 3. The Kier molecular flexibility index (Phi) is 6.41. The van der Waals surface area contributed by atoms with Gasteiger partial charge in [0.1, 0.15) is 5.75 Å². The zero-order valence-electron chi connectivity index (χ0n) is 16.7. The minimum Gasteiger partial charge on any atom is -0.427 e. The highest BCUT2D eigenvalue weighted by molar-refractivity contribution is 5.95. The first-order valence-electron chi connectivity index (χ1n) is 9.13. The van der Waals surface area contributed by atoms with E-state index in [0.717, 1.165) is 5.57 Å². The lowest BCUT2D eigenvalue weighted by atomic mass is 9.87. The molecule has 0 atom stereocenters. The van der Waals surface area contributed by atoms with Crippen LogP contribution in [0.1, 0.15) is 45.0 Å². The molecule has 0 spiro atoms. The Morgan fingerprint density at radius 3 is 2.15 bits per heavy atom. The first-order chi connectivity index (χ1) is 12.6. The number of ether oxygens (including phenoxy) is 1. The number of nitrogens with zero attached hydrogens (tertiary/aromatic N) is 2. The molecule has 6 nitrogen and oxygen atoms in total. The molecule has 0 aromatic heterocycles. The van der Waals surface area contributed by atoms with E-state index in [-0.39, 0.29) is 17.2 Å². The van der Waals surface area contributed by atoms with Gasteiger partial charge in [0.15, 0.2) is 0 Å². The third-order valence-electron chi connectivity index (χ3n) is 4.74. The SMILES string of the molecule is CC(=O)Oc1cccc(C(=O)N2CCN(C(=O)/C=C(\C)C(C)(C)C)CC2)c1. The second-order valence-corrected chi connectivity index (χ2v) is 7.82. The monoisotopic (exact) mass is 372 g/mol. The molecule has 0 aliphatic carbocycles. The van der Waals surface area contributed by atoms with Crippen molar-refractivity contribution in [3.8, 4) is 5.75 Å². The number of carbonyl (C=O) groups is 3. The number of amides is 2. The zero-order chi connectivity index (χ0) is 20.2. The third-order valence-corrected chi connectivity index (χ3v) is 4.74. The largest absolute Gasteiger partial charge is 0.427 e. The molecule has 1 aromatic rings. The van der Waals surface area contributed by atoms with Crippen LogP contribution in [-0.2, 0) is 9.59 Å². The van der Waals surface area contributed by atoms with E-state index in [1.165, 1.54) is 6.92 Å². The van der Waals surface area contributed by atoms with Gasteiger partial charge in [0.25, 0.3) is 5.91 Å². The number of piperazine rings is 1. The van der Waals surface area contributed by atoms with E-state index in [1.807, 2.05) is 6.92 Å². The molecule has 0 saturated carbocycles. The summed E-state index contributed by atoms with van der Waals surface area (Å²) in [6, 6.07) is 6.59. The summed E-state index contributed by atoms with van der Waals surface area (Å²) in [5.74, 6) is -0.209. The Bertz CT molecular complexity index is 754. The van der Waals surface area contributed by atoms with Crippen molar-refractivity contribution in [2.45, 2.75) is 34.6 Å². The van der Waals surface area contributed by atoms with Crippen molar-refractivity contribution >= 4 is 17.8 Å². The summed E-state index contributed by atoms with van der Waals surface area (Å²) in [6.45, 7) is 11.5. The number of rotatable bonds is 3. The van der Waals surface area contributed by atoms with Gasteiger partial charge in [-0.2, -0.15) is 0 Å². The van der Waals surface area contributed by atoms with E-state index in [1.54, 1.807) is 40.1 Å². The van der Waals surface area contributed by atoms with Crippen LogP contribution in [0.5, 0.6) is 5.75 Å². The highest BCUT2D eigenvalue weighted by Gasteiger charge is 2.25. The van der Waals surface area contributed by atoms with Crippen LogP contribution in [0.3, 0.4) is 0 Å². The summed E-state index contributed by atoms with van der Waals surface area (Å²) in [5, 5.41) is 0. The van der Waals surface area contributed by atoms with E-state index >= 15 is 0 Å². The van der Waals surface area contributed by atoms with E-state index in [4.69, 9.17) is 4.74 Å². The molecule has 1 saturated heterocycles. The van der Waals surface area contributed by atoms with Gasteiger partial charge in [-0.15, -0.1) is 0 Å². The molecule has 1 aliphatic rings. The van der Waals surface area contributed by atoms with Gasteiger partial charge in [-0.05, 0) is 30.5 Å². The van der Waals surface area contributed by atoms with Crippen LogP contribution in [0.15, 0.2) is 35.9 Å². The fourth-order valence-corrected chi connectivity index (χ4v) is 2.66. The number of esters is 1. The maximum absolute atomic E-state index is 12.7. The Morgan fingerprint density at radius 1 is 1.00 bits per heavy atom. The quantitative estimate of drug-likeness (QED) is 0.465. The number of allylic oxidation sites excluding steroid dienone is 1. The lowest BCUT2D eigenvalue weighted by Crippen LogP contribution is -2.50. The van der Waals surface area contributed by atoms with Crippen LogP contribution in [0, 0.1) is 5.41 Å². The molecule has 146 valence electrons. The normalized spacial score (nSPS) is 15.5. The van der Waals surface area contributed by atoms with Crippen LogP contribution in [-0.4, -0.2) is 53.8 Å². The van der Waals surface area contributed by atoms with Crippen molar-refractivity contribution in [2.75, 3.05) is 26.2 Å². The predicted molar refractivity (Wildman–Crippen MR) is 103 cm³/mol. The molecule has 1 aliphatic heterocycles. The van der Waals surface area contributed by atoms with Gasteiger partial charge in [0.05, 0.1) is 0 Å². The Morgan fingerprint density at radius 2 is 1.59 bits per heavy atom. The molecule has 2 rings (SSSR count). The van der Waals surface area contributed by atoms with E-state index in [9.17, 15) is 14.4 Å². The van der Waals surface area contributed by atoms with Crippen molar-refractivity contribution in [3.05, 3.63) is 41.5 Å². The molecule has 6 heteroatoms. The molecule has 0 unspecified atom stereocenters. The molecular formula is C21H28N2O4. The summed E-state index contributed by atoms with van der Waals surface area (Å²) in [4.78, 5) is 39.7. The van der Waals surface area contributed by atoms with Crippen LogP contribution in [0.4, 0.5) is 0 Å². The van der Waals surface area contributed by atoms with Crippen molar-refractivity contribution in [3.63, 3.8) is 0 Å². The first kappa shape index (κ1) is 20.7. The van der Waals surface area contributed by atoms with Crippen molar-refractivity contribution < 1.29 is 19.1 Å². The van der Waals surface area contributed by atoms with Crippen LogP contribution in [0.2, 0.25) is 0 Å². The minimum atomic E-state index is -0.426. The van der Waals surface area contributed by atoms with Crippen molar-refractivity contribution in [1.29, 1.82) is 0 Å². The fourth-order valence-electron chi connectivity index (χ4n) is 2.66. The molecule has 1 aromatic carbocycles. The lowest BCUT2D eigenvalue weighted by molar-refractivity contribution is -0.132. The highest BCUT2D eigenvalue weighted by Crippen LogP contribution is 2.24. The van der Waals surface area contributed by atoms with Gasteiger partial charge in [0, 0.05) is 44.7 Å². The first-order valence-corrected chi connectivity index (χ1v) is 9.13. The molecule has 1 fully saturated rings. The van der Waals surface area contributed by atoms with Crippen molar-refractivity contribution in [1.82, 2.24) is 9.80 Å². The Labute approximate surface area is 160 Å². The molecular weight excluding hydrogens is 344 g/mol. The maximum Gasteiger partial charge on any atom is 0.308 e. The van der Waals surface area contributed by atoms with Gasteiger partial charge < -0.3 is 14.5 Å². The van der Waals surface area contributed by atoms with Gasteiger partial charge in [-0.1, -0.05) is 32.4 Å². The summed E-state index contributed by atoms with van der Waals surface area (Å²) in [7, 11) is 0. The van der Waals surface area contributed by atoms with Crippen LogP contribution >= 0.6 is 0 Å². The lowest BCUT2D eigenvalue weighted by Gasteiger charge is -2.34. The summed E-state index contributed by atoms with van der Waals surface area (Å²) in [5.41, 5.74) is 1.46. The average Bonchev–Trinajstić information content (AvgIpc) is 2.60. The smallest absolute Gasteiger partial charge is 0.308 e. The minimum absolute atomic E-state index is 0.00798. The van der Waals surface area contributed by atoms with E-state index in [0.29, 0.717) is 37.5 Å². The standard InChI is InChI=1S/C21H28N2O4/c1-15(21(3,4)5)13-19(25)22-9-11-23(12-10-22)20(26)17-7-6-8-18(14-17)27-16(2)24/h6-8,13-14H,9-12H2,1-5H3/b15-13+. The summed E-state index contributed by atoms with van der Waals surface area (Å²) in [6.07, 6.45) is 1.69. The molecule has 0 radical (unpaired) electrons. The van der Waals surface area contributed by atoms with Crippen LogP contribution in [0.25, 0.3) is 0 Å². The van der Waals surface area contributed by atoms with Gasteiger partial charge in [0.2, 0.25) is 5.91 Å². The molecule has 1 heterocycles. The topological polar surface area (TPSA) is 66.9 Å². The van der Waals surface area contributed by atoms with Gasteiger partial charge >= 0.3 is 5.97 Å². The van der Waals surface area contributed by atoms with Crippen molar-refractivity contribution in [2.24, 2.45) is 5.41 Å². The number of hydrogen-bond donors (Lipinski definition) is 0. The predicted octanol–water partition coefficient (Wildman–Crippen LogP) is 2.89. The average molecular weight is 372 g/mol. The second kappa shape index (κ2) is 8.37. The Balaban J connectivity index is 1.98. The molecule has 0 bridgehead atoms.